The van der Waals surface area contributed by atoms with Crippen LogP contribution in [0.25, 0.3) is 0 Å². The summed E-state index contributed by atoms with van der Waals surface area (Å²) in [6.45, 7) is 3.09. The number of hydrogen-bond acceptors (Lipinski definition) is 4. The Balaban J connectivity index is 1.42. The lowest BCUT2D eigenvalue weighted by Crippen LogP contribution is -2.41. The van der Waals surface area contributed by atoms with Gasteiger partial charge < -0.3 is 5.32 Å². The molecule has 1 fully saturated rings. The summed E-state index contributed by atoms with van der Waals surface area (Å²) < 4.78 is 1.97. The van der Waals surface area contributed by atoms with Crippen LogP contribution in [0.15, 0.2) is 29.8 Å². The zero-order valence-corrected chi connectivity index (χ0v) is 13.7. The molecule has 0 spiro atoms. The SMILES string of the molecule is Cn1nccc1C1CCN(CC(=O)NCc2cccs2)CC1. The first-order valence-corrected chi connectivity index (χ1v) is 8.59. The molecule has 1 amide bonds. The van der Waals surface area contributed by atoms with Gasteiger partial charge in [-0.3, -0.25) is 14.4 Å². The third-order valence-corrected chi connectivity index (χ3v) is 5.15. The maximum absolute atomic E-state index is 12.0. The number of likely N-dealkylation sites (tertiary alicyclic amines) is 1. The molecule has 0 unspecified atom stereocenters. The second-order valence-corrected chi connectivity index (χ2v) is 6.82. The van der Waals surface area contributed by atoms with Gasteiger partial charge in [0.25, 0.3) is 0 Å². The largest absolute Gasteiger partial charge is 0.350 e. The van der Waals surface area contributed by atoms with Gasteiger partial charge in [0.15, 0.2) is 0 Å². The van der Waals surface area contributed by atoms with E-state index in [0.29, 0.717) is 19.0 Å². The van der Waals surface area contributed by atoms with Crippen molar-refractivity contribution in [1.29, 1.82) is 0 Å². The smallest absolute Gasteiger partial charge is 0.234 e. The number of thiophene rings is 1. The van der Waals surface area contributed by atoms with E-state index in [9.17, 15) is 4.79 Å². The number of carbonyl (C=O) groups excluding carboxylic acids is 1. The minimum Gasteiger partial charge on any atom is -0.350 e. The van der Waals surface area contributed by atoms with E-state index in [1.165, 1.54) is 10.6 Å². The summed E-state index contributed by atoms with van der Waals surface area (Å²) in [4.78, 5) is 15.5. The predicted octanol–water partition coefficient (Wildman–Crippen LogP) is 1.98. The van der Waals surface area contributed by atoms with Crippen LogP contribution < -0.4 is 5.32 Å². The Morgan fingerprint density at radius 2 is 2.23 bits per heavy atom. The molecule has 118 valence electrons. The molecule has 1 aliphatic heterocycles. The lowest BCUT2D eigenvalue weighted by atomic mass is 9.93. The van der Waals surface area contributed by atoms with Crippen molar-refractivity contribution >= 4 is 17.2 Å². The van der Waals surface area contributed by atoms with Crippen molar-refractivity contribution in [2.45, 2.75) is 25.3 Å². The van der Waals surface area contributed by atoms with Gasteiger partial charge in [-0.1, -0.05) is 6.07 Å². The summed E-state index contributed by atoms with van der Waals surface area (Å²) in [7, 11) is 2.00. The first-order valence-electron chi connectivity index (χ1n) is 7.71. The first-order chi connectivity index (χ1) is 10.7. The van der Waals surface area contributed by atoms with Crippen molar-refractivity contribution in [1.82, 2.24) is 20.0 Å². The van der Waals surface area contributed by atoms with Gasteiger partial charge in [0, 0.05) is 29.7 Å². The Morgan fingerprint density at radius 3 is 2.86 bits per heavy atom. The highest BCUT2D eigenvalue weighted by Gasteiger charge is 2.23. The van der Waals surface area contributed by atoms with Crippen LogP contribution in [0.1, 0.15) is 29.3 Å². The Labute approximate surface area is 134 Å². The zero-order valence-electron chi connectivity index (χ0n) is 12.9. The molecule has 0 saturated carbocycles. The molecular formula is C16H22N4OS. The van der Waals surface area contributed by atoms with Gasteiger partial charge in [0.1, 0.15) is 0 Å². The summed E-state index contributed by atoms with van der Waals surface area (Å²) in [5.41, 5.74) is 1.31. The van der Waals surface area contributed by atoms with Crippen LogP contribution in [0.4, 0.5) is 0 Å². The monoisotopic (exact) mass is 318 g/mol. The molecule has 3 rings (SSSR count). The fourth-order valence-corrected chi connectivity index (χ4v) is 3.67. The number of nitrogens with one attached hydrogen (secondary N) is 1. The van der Waals surface area contributed by atoms with Crippen molar-refractivity contribution in [2.75, 3.05) is 19.6 Å². The average Bonchev–Trinajstić information content (AvgIpc) is 3.17. The van der Waals surface area contributed by atoms with E-state index in [-0.39, 0.29) is 5.91 Å². The van der Waals surface area contributed by atoms with E-state index < -0.39 is 0 Å². The second-order valence-electron chi connectivity index (χ2n) is 5.79. The zero-order chi connectivity index (χ0) is 15.4. The quantitative estimate of drug-likeness (QED) is 0.917. The molecule has 3 heterocycles. The molecule has 0 aromatic carbocycles. The molecular weight excluding hydrogens is 296 g/mol. The van der Waals surface area contributed by atoms with E-state index in [2.05, 4.69) is 21.4 Å². The minimum atomic E-state index is 0.118. The summed E-state index contributed by atoms with van der Waals surface area (Å²) >= 11 is 1.67. The molecule has 1 aliphatic rings. The van der Waals surface area contributed by atoms with Crippen LogP contribution in [0.2, 0.25) is 0 Å². The van der Waals surface area contributed by atoms with Crippen LogP contribution in [-0.4, -0.2) is 40.2 Å². The van der Waals surface area contributed by atoms with E-state index in [1.807, 2.05) is 35.4 Å². The summed E-state index contributed by atoms with van der Waals surface area (Å²) in [6.07, 6.45) is 4.05. The fraction of sp³-hybridized carbons (Fsp3) is 0.500. The van der Waals surface area contributed by atoms with Crippen LogP contribution in [-0.2, 0) is 18.4 Å². The molecule has 0 radical (unpaired) electrons. The molecule has 0 aliphatic carbocycles. The first kappa shape index (κ1) is 15.2. The molecule has 0 atom stereocenters. The maximum Gasteiger partial charge on any atom is 0.234 e. The number of nitrogens with zero attached hydrogens (tertiary/aromatic N) is 3. The predicted molar refractivity (Wildman–Crippen MR) is 87.8 cm³/mol. The van der Waals surface area contributed by atoms with Gasteiger partial charge in [-0.05, 0) is 43.4 Å². The normalized spacial score (nSPS) is 16.8. The molecule has 2 aromatic heterocycles. The molecule has 0 bridgehead atoms. The van der Waals surface area contributed by atoms with E-state index in [4.69, 9.17) is 0 Å². The van der Waals surface area contributed by atoms with Gasteiger partial charge in [-0.2, -0.15) is 5.10 Å². The van der Waals surface area contributed by atoms with Gasteiger partial charge in [-0.25, -0.2) is 0 Å². The highest BCUT2D eigenvalue weighted by Crippen LogP contribution is 2.27. The third-order valence-electron chi connectivity index (χ3n) is 4.27. The number of amides is 1. The molecule has 1 saturated heterocycles. The number of aryl methyl sites for hydroxylation is 1. The highest BCUT2D eigenvalue weighted by atomic mass is 32.1. The Hall–Kier alpha value is -1.66. The van der Waals surface area contributed by atoms with E-state index in [0.717, 1.165) is 25.9 Å². The number of rotatable bonds is 5. The Bertz CT molecular complexity index is 599. The minimum absolute atomic E-state index is 0.118. The van der Waals surface area contributed by atoms with Crippen molar-refractivity contribution in [3.63, 3.8) is 0 Å². The third kappa shape index (κ3) is 3.75. The molecule has 1 N–H and O–H groups in total. The van der Waals surface area contributed by atoms with Gasteiger partial charge in [0.05, 0.1) is 13.1 Å². The Morgan fingerprint density at radius 1 is 1.41 bits per heavy atom. The van der Waals surface area contributed by atoms with Crippen molar-refractivity contribution < 1.29 is 4.79 Å². The van der Waals surface area contributed by atoms with E-state index >= 15 is 0 Å². The standard InChI is InChI=1S/C16H22N4OS/c1-19-15(4-7-18-19)13-5-8-20(9-6-13)12-16(21)17-11-14-3-2-10-22-14/h2-4,7,10,13H,5-6,8-9,11-12H2,1H3,(H,17,21). The molecule has 5 nitrogen and oxygen atoms in total. The number of carbonyl (C=O) groups is 1. The number of piperidine rings is 1. The molecule has 6 heteroatoms. The van der Waals surface area contributed by atoms with E-state index in [1.54, 1.807) is 11.3 Å². The van der Waals surface area contributed by atoms with Crippen molar-refractivity contribution in [2.24, 2.45) is 7.05 Å². The number of aromatic nitrogens is 2. The van der Waals surface area contributed by atoms with Gasteiger partial charge >= 0.3 is 0 Å². The lowest BCUT2D eigenvalue weighted by molar-refractivity contribution is -0.122. The second kappa shape index (κ2) is 7.07. The van der Waals surface area contributed by atoms with Crippen molar-refractivity contribution in [3.05, 3.63) is 40.3 Å². The molecule has 2 aromatic rings. The van der Waals surface area contributed by atoms with Gasteiger partial charge in [0.2, 0.25) is 5.91 Å². The Kier molecular flexibility index (Phi) is 4.90. The maximum atomic E-state index is 12.0. The van der Waals surface area contributed by atoms with Crippen molar-refractivity contribution in [3.8, 4) is 0 Å². The van der Waals surface area contributed by atoms with Crippen LogP contribution in [0.5, 0.6) is 0 Å². The molecule has 22 heavy (non-hydrogen) atoms. The van der Waals surface area contributed by atoms with Gasteiger partial charge in [-0.15, -0.1) is 11.3 Å². The highest BCUT2D eigenvalue weighted by molar-refractivity contribution is 7.09. The van der Waals surface area contributed by atoms with Crippen LogP contribution >= 0.6 is 11.3 Å². The lowest BCUT2D eigenvalue weighted by Gasteiger charge is -2.31. The van der Waals surface area contributed by atoms with Crippen LogP contribution in [0.3, 0.4) is 0 Å². The topological polar surface area (TPSA) is 50.2 Å². The summed E-state index contributed by atoms with van der Waals surface area (Å²) in [6, 6.07) is 6.16. The fourth-order valence-electron chi connectivity index (χ4n) is 3.03. The average molecular weight is 318 g/mol. The number of hydrogen-bond donors (Lipinski definition) is 1. The van der Waals surface area contributed by atoms with Crippen LogP contribution in [0, 0.1) is 0 Å². The summed E-state index contributed by atoms with van der Waals surface area (Å²) in [5, 5.41) is 9.28. The summed E-state index contributed by atoms with van der Waals surface area (Å²) in [5.74, 6) is 0.685.